The molecule has 0 heterocycles. The number of hydrogen-bond donors (Lipinski definition) is 15. The van der Waals surface area contributed by atoms with Gasteiger partial charge in [-0.25, -0.2) is 0 Å². The normalized spacial score (nSPS) is 13.7. The molecule has 26 heteroatoms. The number of amides is 9. The highest BCUT2D eigenvalue weighted by Crippen LogP contribution is 2.14. The number of nitrogens with zero attached hydrogens (tertiary/aromatic N) is 2. The zero-order chi connectivity index (χ0) is 58.1. The van der Waals surface area contributed by atoms with E-state index in [9.17, 15) is 53.4 Å². The number of carbonyl (C=O) groups is 9. The second kappa shape index (κ2) is 42.8. The molecule has 0 aliphatic heterocycles. The van der Waals surface area contributed by atoms with Gasteiger partial charge in [-0.05, 0) is 50.4 Å². The van der Waals surface area contributed by atoms with Gasteiger partial charge in [0.05, 0.1) is 26.3 Å². The molecular formula is C51H97N15O11. The number of aliphatic imine (C=N–C) groups is 2. The number of unbranched alkanes of at least 4 members (excludes halogenated alkanes) is 12. The van der Waals surface area contributed by atoms with E-state index in [0.29, 0.717) is 12.8 Å². The van der Waals surface area contributed by atoms with Crippen molar-refractivity contribution < 1.29 is 53.4 Å². The van der Waals surface area contributed by atoms with Crippen LogP contribution in [0.4, 0.5) is 0 Å². The SMILES string of the molecule is CCCCCCCCCCCCCCCC(=O)NCC(=O)N[C@@H](CO)C(=O)NCC(=O)N[C@@H](CCCN=C(N)N)C(=O)N[C@@H](CC(C)C)C(=O)N[C@@H](CCCN=C(N)N)C(=O)N[C@@H](CO)C(=O)N[C@H](C(=O)NC)[C@@H](C)CC. The molecule has 0 aliphatic carbocycles. The van der Waals surface area contributed by atoms with Crippen molar-refractivity contribution in [2.75, 3.05) is 46.4 Å². The maximum atomic E-state index is 14.1. The van der Waals surface area contributed by atoms with Gasteiger partial charge in [0.25, 0.3) is 0 Å². The van der Waals surface area contributed by atoms with Gasteiger partial charge in [0.2, 0.25) is 53.2 Å². The number of hydrogen-bond acceptors (Lipinski definition) is 13. The molecule has 0 aliphatic rings. The number of rotatable bonds is 44. The smallest absolute Gasteiger partial charge is 0.245 e. The Balaban J connectivity index is 5.77. The molecule has 0 aromatic heterocycles. The summed E-state index contributed by atoms with van der Waals surface area (Å²) in [5.74, 6) is -7.69. The Bertz CT molecular complexity index is 1850. The van der Waals surface area contributed by atoms with E-state index >= 15 is 0 Å². The molecule has 0 spiro atoms. The average molecular weight is 1100 g/mol. The molecule has 0 saturated carbocycles. The summed E-state index contributed by atoms with van der Waals surface area (Å²) in [6.45, 7) is 6.60. The van der Waals surface area contributed by atoms with E-state index in [2.05, 4.69) is 64.8 Å². The minimum atomic E-state index is -1.54. The lowest BCUT2D eigenvalue weighted by molar-refractivity contribution is -0.136. The summed E-state index contributed by atoms with van der Waals surface area (Å²) >= 11 is 0. The Hall–Kier alpha value is -6.31. The van der Waals surface area contributed by atoms with Crippen molar-refractivity contribution in [1.82, 2.24) is 47.9 Å². The van der Waals surface area contributed by atoms with E-state index in [-0.39, 0.29) is 81.3 Å². The Morgan fingerprint density at radius 3 is 1.31 bits per heavy atom. The maximum Gasteiger partial charge on any atom is 0.245 e. The molecule has 442 valence electrons. The van der Waals surface area contributed by atoms with Crippen LogP contribution in [0.1, 0.15) is 163 Å². The van der Waals surface area contributed by atoms with Crippen molar-refractivity contribution in [2.24, 2.45) is 44.8 Å². The largest absolute Gasteiger partial charge is 0.394 e. The molecule has 0 aromatic carbocycles. The number of guanidine groups is 2. The van der Waals surface area contributed by atoms with Crippen LogP contribution in [0.3, 0.4) is 0 Å². The van der Waals surface area contributed by atoms with Crippen LogP contribution in [0, 0.1) is 11.8 Å². The van der Waals surface area contributed by atoms with Gasteiger partial charge >= 0.3 is 0 Å². The molecule has 19 N–H and O–H groups in total. The van der Waals surface area contributed by atoms with Gasteiger partial charge in [-0.3, -0.25) is 53.1 Å². The summed E-state index contributed by atoms with van der Waals surface area (Å²) in [6.07, 6.45) is 16.1. The number of carbonyl (C=O) groups excluding carboxylic acids is 9. The van der Waals surface area contributed by atoms with Crippen LogP contribution >= 0.6 is 0 Å². The van der Waals surface area contributed by atoms with Gasteiger partial charge in [0.15, 0.2) is 11.9 Å². The van der Waals surface area contributed by atoms with E-state index in [1.165, 1.54) is 64.8 Å². The van der Waals surface area contributed by atoms with Crippen LogP contribution in [-0.4, -0.2) is 158 Å². The van der Waals surface area contributed by atoms with Crippen molar-refractivity contribution in [2.45, 2.75) is 199 Å². The highest BCUT2D eigenvalue weighted by Gasteiger charge is 2.34. The lowest BCUT2D eigenvalue weighted by Gasteiger charge is -2.28. The summed E-state index contributed by atoms with van der Waals surface area (Å²) in [6, 6.07) is -7.99. The number of aliphatic hydroxyl groups is 2. The van der Waals surface area contributed by atoms with Crippen LogP contribution in [0.2, 0.25) is 0 Å². The third-order valence-corrected chi connectivity index (χ3v) is 12.6. The van der Waals surface area contributed by atoms with Crippen LogP contribution in [-0.2, 0) is 43.2 Å². The first-order valence-corrected chi connectivity index (χ1v) is 27.5. The lowest BCUT2D eigenvalue weighted by atomic mass is 9.98. The number of nitrogens with one attached hydrogen (secondary N) is 9. The van der Waals surface area contributed by atoms with Crippen molar-refractivity contribution >= 4 is 65.1 Å². The third kappa shape index (κ3) is 34.2. The van der Waals surface area contributed by atoms with Crippen molar-refractivity contribution in [3.8, 4) is 0 Å². The Morgan fingerprint density at radius 2 is 0.857 bits per heavy atom. The quantitative estimate of drug-likeness (QED) is 0.0188. The number of likely N-dealkylation sites (N-methyl/N-ethyl adjacent to an activating group) is 1. The predicted octanol–water partition coefficient (Wildman–Crippen LogP) is -1.46. The van der Waals surface area contributed by atoms with Gasteiger partial charge in [-0.15, -0.1) is 0 Å². The number of nitrogens with two attached hydrogens (primary N) is 4. The zero-order valence-electron chi connectivity index (χ0n) is 46.8. The fraction of sp³-hybridized carbons (Fsp3) is 0.784. The van der Waals surface area contributed by atoms with E-state index in [1.54, 1.807) is 20.8 Å². The van der Waals surface area contributed by atoms with Gasteiger partial charge < -0.3 is 81.0 Å². The molecular weight excluding hydrogens is 999 g/mol. The molecule has 0 fully saturated rings. The highest BCUT2D eigenvalue weighted by atomic mass is 16.3. The first-order valence-electron chi connectivity index (χ1n) is 27.5. The van der Waals surface area contributed by atoms with Gasteiger partial charge in [-0.1, -0.05) is 118 Å². The van der Waals surface area contributed by atoms with Crippen LogP contribution < -0.4 is 70.8 Å². The van der Waals surface area contributed by atoms with Crippen LogP contribution in [0.5, 0.6) is 0 Å². The number of aliphatic hydroxyl groups excluding tert-OH is 2. The fourth-order valence-electron chi connectivity index (χ4n) is 7.92. The molecule has 7 atom stereocenters. The summed E-state index contributed by atoms with van der Waals surface area (Å²) < 4.78 is 0. The average Bonchev–Trinajstić information content (AvgIpc) is 3.39. The van der Waals surface area contributed by atoms with Gasteiger partial charge in [0.1, 0.15) is 36.3 Å². The Kier molecular flexibility index (Phi) is 39.3. The first-order chi connectivity index (χ1) is 36.6. The van der Waals surface area contributed by atoms with Crippen molar-refractivity contribution in [3.63, 3.8) is 0 Å². The standard InChI is InChI=1S/C51H97N15O11/c1-7-9-10-11-12-13-14-15-16-17-18-19-20-25-40(69)59-29-41(70)62-38(31-67)44(72)60-30-42(71)61-35(23-21-26-57-50(52)53)45(73)64-37(28-33(3)4)47(75)63-36(24-22-27-58-51(54)55)46(74)65-39(32-68)48(76)66-43(34(5)8-2)49(77)56-6/h33-39,43,67-68H,7-32H2,1-6H3,(H,56,77)(H,59,69)(H,60,72)(H,61,71)(H,62,70)(H,63,75)(H,64,73)(H,65,74)(H,66,76)(H4,52,53,57)(H4,54,55,58)/t34-,35-,36-,37-,38-,39-,43-/m0/s1. The van der Waals surface area contributed by atoms with Gasteiger partial charge in [-0.2, -0.15) is 0 Å². The molecule has 26 nitrogen and oxygen atoms in total. The van der Waals surface area contributed by atoms with E-state index in [4.69, 9.17) is 22.9 Å². The van der Waals surface area contributed by atoms with Crippen molar-refractivity contribution in [3.05, 3.63) is 0 Å². The summed E-state index contributed by atoms with van der Waals surface area (Å²) in [4.78, 5) is 127. The summed E-state index contributed by atoms with van der Waals surface area (Å²) in [7, 11) is 1.40. The predicted molar refractivity (Wildman–Crippen MR) is 295 cm³/mol. The monoisotopic (exact) mass is 1100 g/mol. The second-order valence-corrected chi connectivity index (χ2v) is 19.8. The topological polar surface area (TPSA) is 431 Å². The Morgan fingerprint density at radius 1 is 0.455 bits per heavy atom. The molecule has 0 aromatic rings. The fourth-order valence-corrected chi connectivity index (χ4v) is 7.92. The molecule has 0 saturated heterocycles. The Labute approximate surface area is 455 Å². The zero-order valence-corrected chi connectivity index (χ0v) is 46.8. The lowest BCUT2D eigenvalue weighted by Crippen LogP contribution is -2.60. The van der Waals surface area contributed by atoms with Gasteiger partial charge in [0, 0.05) is 26.6 Å². The third-order valence-electron chi connectivity index (χ3n) is 12.6. The molecule has 0 rings (SSSR count). The van der Waals surface area contributed by atoms with E-state index in [0.717, 1.165) is 19.3 Å². The first kappa shape index (κ1) is 70.7. The highest BCUT2D eigenvalue weighted by molar-refractivity contribution is 5.97. The summed E-state index contributed by atoms with van der Waals surface area (Å²) in [5.41, 5.74) is 21.9. The second-order valence-electron chi connectivity index (χ2n) is 19.8. The van der Waals surface area contributed by atoms with Crippen LogP contribution in [0.15, 0.2) is 9.98 Å². The van der Waals surface area contributed by atoms with E-state index < -0.39 is 110 Å². The molecule has 9 amide bonds. The maximum absolute atomic E-state index is 14.1. The molecule has 0 bridgehead atoms. The van der Waals surface area contributed by atoms with Crippen LogP contribution in [0.25, 0.3) is 0 Å². The minimum absolute atomic E-state index is 0.0419. The van der Waals surface area contributed by atoms with E-state index in [1.807, 2.05) is 6.92 Å². The molecule has 0 unspecified atom stereocenters. The minimum Gasteiger partial charge on any atom is -0.394 e. The molecule has 77 heavy (non-hydrogen) atoms. The molecule has 0 radical (unpaired) electrons. The van der Waals surface area contributed by atoms with Crippen molar-refractivity contribution in [1.29, 1.82) is 0 Å². The summed E-state index contributed by atoms with van der Waals surface area (Å²) in [5, 5.41) is 42.5.